The van der Waals surface area contributed by atoms with E-state index < -0.39 is 0 Å². The molecule has 2 aromatic carbocycles. The maximum absolute atomic E-state index is 12.7. The third-order valence-electron chi connectivity index (χ3n) is 4.33. The van der Waals surface area contributed by atoms with E-state index in [1.165, 1.54) is 28.7 Å². The standard InChI is InChI=1S/C22H20N4OS2/c1-15-6-8-16(9-7-15)14-28-13-12-25-21(27)19-20(24-11-10-23-19)22-26-17-4-2-3-5-18(17)29-22/h2-11H,12-14H2,1H3,(H,25,27). The fourth-order valence-corrected chi connectivity index (χ4v) is 4.61. The minimum Gasteiger partial charge on any atom is -0.350 e. The lowest BCUT2D eigenvalue weighted by atomic mass is 10.2. The number of para-hydroxylation sites is 1. The van der Waals surface area contributed by atoms with Crippen molar-refractivity contribution < 1.29 is 4.79 Å². The van der Waals surface area contributed by atoms with Crippen LogP contribution in [0.2, 0.25) is 0 Å². The Labute approximate surface area is 177 Å². The van der Waals surface area contributed by atoms with Crippen LogP contribution in [0.25, 0.3) is 20.9 Å². The molecular formula is C22H20N4OS2. The van der Waals surface area contributed by atoms with Crippen molar-refractivity contribution in [3.05, 3.63) is 77.7 Å². The Bertz CT molecular complexity index is 1090. The summed E-state index contributed by atoms with van der Waals surface area (Å²) in [5.74, 6) is 1.54. The molecule has 0 unspecified atom stereocenters. The molecule has 4 aromatic rings. The van der Waals surface area contributed by atoms with Crippen LogP contribution in [0.1, 0.15) is 21.6 Å². The number of nitrogens with one attached hydrogen (secondary N) is 1. The summed E-state index contributed by atoms with van der Waals surface area (Å²) in [7, 11) is 0. The Morgan fingerprint density at radius 2 is 1.86 bits per heavy atom. The average molecular weight is 421 g/mol. The second kappa shape index (κ2) is 9.15. The van der Waals surface area contributed by atoms with E-state index in [0.717, 1.165) is 21.7 Å². The van der Waals surface area contributed by atoms with E-state index in [9.17, 15) is 4.79 Å². The molecule has 4 rings (SSSR count). The fourth-order valence-electron chi connectivity index (χ4n) is 2.83. The number of rotatable bonds is 7. The highest BCUT2D eigenvalue weighted by molar-refractivity contribution is 7.98. The number of hydrogen-bond acceptors (Lipinski definition) is 6. The molecule has 1 N–H and O–H groups in total. The van der Waals surface area contributed by atoms with Gasteiger partial charge >= 0.3 is 0 Å². The van der Waals surface area contributed by atoms with Crippen molar-refractivity contribution in [1.29, 1.82) is 0 Å². The van der Waals surface area contributed by atoms with E-state index in [0.29, 0.717) is 22.9 Å². The molecule has 0 atom stereocenters. The first-order valence-electron chi connectivity index (χ1n) is 9.29. The number of benzene rings is 2. The predicted octanol–water partition coefficient (Wildman–Crippen LogP) is 4.72. The zero-order valence-electron chi connectivity index (χ0n) is 16.0. The molecule has 0 radical (unpaired) electrons. The molecule has 2 heterocycles. The quantitative estimate of drug-likeness (QED) is 0.438. The van der Waals surface area contributed by atoms with Gasteiger partial charge < -0.3 is 5.32 Å². The Morgan fingerprint density at radius 1 is 1.07 bits per heavy atom. The highest BCUT2D eigenvalue weighted by Crippen LogP contribution is 2.30. The monoisotopic (exact) mass is 420 g/mol. The molecule has 29 heavy (non-hydrogen) atoms. The average Bonchev–Trinajstić information content (AvgIpc) is 3.19. The van der Waals surface area contributed by atoms with Gasteiger partial charge in [0, 0.05) is 30.4 Å². The van der Waals surface area contributed by atoms with Gasteiger partial charge in [0.15, 0.2) is 5.69 Å². The van der Waals surface area contributed by atoms with E-state index >= 15 is 0 Å². The van der Waals surface area contributed by atoms with Gasteiger partial charge in [0.25, 0.3) is 5.91 Å². The summed E-state index contributed by atoms with van der Waals surface area (Å²) in [5.41, 5.74) is 4.29. The van der Waals surface area contributed by atoms with Crippen LogP contribution in [0, 0.1) is 6.92 Å². The summed E-state index contributed by atoms with van der Waals surface area (Å²) in [6.45, 7) is 2.66. The fraction of sp³-hybridized carbons (Fsp3) is 0.182. The smallest absolute Gasteiger partial charge is 0.272 e. The highest BCUT2D eigenvalue weighted by atomic mass is 32.2. The molecule has 0 aliphatic carbocycles. The summed E-state index contributed by atoms with van der Waals surface area (Å²) >= 11 is 3.31. The van der Waals surface area contributed by atoms with Gasteiger partial charge in [-0.05, 0) is 24.6 Å². The van der Waals surface area contributed by atoms with Crippen molar-refractivity contribution in [2.24, 2.45) is 0 Å². The summed E-state index contributed by atoms with van der Waals surface area (Å²) in [6, 6.07) is 16.4. The molecule has 0 aliphatic heterocycles. The zero-order chi connectivity index (χ0) is 20.1. The number of thiazole rings is 1. The van der Waals surface area contributed by atoms with Gasteiger partial charge in [0.05, 0.1) is 10.2 Å². The Hall–Kier alpha value is -2.77. The first-order valence-corrected chi connectivity index (χ1v) is 11.3. The minimum atomic E-state index is -0.219. The van der Waals surface area contributed by atoms with Crippen LogP contribution >= 0.6 is 23.1 Å². The van der Waals surface area contributed by atoms with Crippen molar-refractivity contribution in [3.63, 3.8) is 0 Å². The van der Waals surface area contributed by atoms with Gasteiger partial charge in [-0.3, -0.25) is 4.79 Å². The lowest BCUT2D eigenvalue weighted by Crippen LogP contribution is -2.27. The van der Waals surface area contributed by atoms with Crippen LogP contribution < -0.4 is 5.32 Å². The Balaban J connectivity index is 1.37. The lowest BCUT2D eigenvalue weighted by Gasteiger charge is -2.07. The number of amides is 1. The number of thioether (sulfide) groups is 1. The van der Waals surface area contributed by atoms with Gasteiger partial charge in [-0.2, -0.15) is 11.8 Å². The minimum absolute atomic E-state index is 0.219. The van der Waals surface area contributed by atoms with Crippen molar-refractivity contribution >= 4 is 39.2 Å². The van der Waals surface area contributed by atoms with E-state index in [1.807, 2.05) is 24.3 Å². The topological polar surface area (TPSA) is 67.8 Å². The third kappa shape index (κ3) is 4.81. The summed E-state index contributed by atoms with van der Waals surface area (Å²) in [6.07, 6.45) is 3.13. The number of nitrogens with zero attached hydrogens (tertiary/aromatic N) is 3. The largest absolute Gasteiger partial charge is 0.350 e. The number of carbonyl (C=O) groups excluding carboxylic acids is 1. The molecule has 0 bridgehead atoms. The van der Waals surface area contributed by atoms with E-state index in [2.05, 4.69) is 51.5 Å². The Morgan fingerprint density at radius 3 is 2.69 bits per heavy atom. The van der Waals surface area contributed by atoms with E-state index in [-0.39, 0.29) is 5.91 Å². The predicted molar refractivity (Wildman–Crippen MR) is 120 cm³/mol. The number of carbonyl (C=O) groups is 1. The maximum Gasteiger partial charge on any atom is 0.272 e. The highest BCUT2D eigenvalue weighted by Gasteiger charge is 2.18. The molecule has 2 aromatic heterocycles. The normalized spacial score (nSPS) is 10.9. The summed E-state index contributed by atoms with van der Waals surface area (Å²) < 4.78 is 1.06. The number of hydrogen-bond donors (Lipinski definition) is 1. The number of fused-ring (bicyclic) bond motifs is 1. The van der Waals surface area contributed by atoms with Crippen LogP contribution in [0.4, 0.5) is 0 Å². The molecule has 1 amide bonds. The van der Waals surface area contributed by atoms with Gasteiger partial charge in [0.1, 0.15) is 10.7 Å². The number of aryl methyl sites for hydroxylation is 1. The van der Waals surface area contributed by atoms with Gasteiger partial charge in [-0.25, -0.2) is 15.0 Å². The number of aromatic nitrogens is 3. The maximum atomic E-state index is 12.7. The van der Waals surface area contributed by atoms with Crippen LogP contribution in [0.5, 0.6) is 0 Å². The van der Waals surface area contributed by atoms with E-state index in [4.69, 9.17) is 0 Å². The molecule has 146 valence electrons. The SMILES string of the molecule is Cc1ccc(CSCCNC(=O)c2nccnc2-c2nc3ccccc3s2)cc1. The first kappa shape index (κ1) is 19.5. The third-order valence-corrected chi connectivity index (χ3v) is 6.40. The molecule has 0 saturated carbocycles. The molecule has 0 spiro atoms. The lowest BCUT2D eigenvalue weighted by molar-refractivity contribution is 0.0951. The van der Waals surface area contributed by atoms with Crippen molar-refractivity contribution in [2.75, 3.05) is 12.3 Å². The second-order valence-electron chi connectivity index (χ2n) is 6.53. The molecular weight excluding hydrogens is 400 g/mol. The van der Waals surface area contributed by atoms with Crippen LogP contribution in [0.3, 0.4) is 0 Å². The van der Waals surface area contributed by atoms with Gasteiger partial charge in [-0.1, -0.05) is 42.0 Å². The van der Waals surface area contributed by atoms with Crippen LogP contribution in [-0.4, -0.2) is 33.2 Å². The van der Waals surface area contributed by atoms with E-state index in [1.54, 1.807) is 18.0 Å². The van der Waals surface area contributed by atoms with Crippen LogP contribution in [0.15, 0.2) is 60.9 Å². The molecule has 0 aliphatic rings. The second-order valence-corrected chi connectivity index (χ2v) is 8.67. The summed E-state index contributed by atoms with van der Waals surface area (Å²) in [5, 5.41) is 3.66. The molecule has 0 fully saturated rings. The molecule has 0 saturated heterocycles. The van der Waals surface area contributed by atoms with Crippen molar-refractivity contribution in [2.45, 2.75) is 12.7 Å². The Kier molecular flexibility index (Phi) is 6.17. The summed E-state index contributed by atoms with van der Waals surface area (Å²) in [4.78, 5) is 25.9. The van der Waals surface area contributed by atoms with Gasteiger partial charge in [0.2, 0.25) is 0 Å². The van der Waals surface area contributed by atoms with Crippen LogP contribution in [-0.2, 0) is 5.75 Å². The zero-order valence-corrected chi connectivity index (χ0v) is 17.6. The van der Waals surface area contributed by atoms with Crippen molar-refractivity contribution in [1.82, 2.24) is 20.3 Å². The molecule has 5 nitrogen and oxygen atoms in total. The van der Waals surface area contributed by atoms with Crippen molar-refractivity contribution in [3.8, 4) is 10.7 Å². The first-order chi connectivity index (χ1) is 14.2. The van der Waals surface area contributed by atoms with Gasteiger partial charge in [-0.15, -0.1) is 11.3 Å². The molecule has 7 heteroatoms.